The molecule has 1 N–H and O–H groups in total. The van der Waals surface area contributed by atoms with E-state index in [1.165, 1.54) is 22.8 Å². The highest BCUT2D eigenvalue weighted by molar-refractivity contribution is 14.1. The fraction of sp³-hybridized carbons (Fsp3) is 0. The van der Waals surface area contributed by atoms with Crippen LogP contribution in [-0.2, 0) is 0 Å². The second kappa shape index (κ2) is 3.47. The molecule has 2 rings (SSSR count). The first-order valence-electron chi connectivity index (χ1n) is 3.69. The molecule has 72 valence electrons. The van der Waals surface area contributed by atoms with Crippen LogP contribution in [0.15, 0.2) is 17.5 Å². The maximum atomic E-state index is 13.4. The van der Waals surface area contributed by atoms with Gasteiger partial charge in [-0.15, -0.1) is 11.3 Å². The number of thiophene rings is 1. The predicted octanol–water partition coefficient (Wildman–Crippen LogP) is 3.34. The van der Waals surface area contributed by atoms with E-state index in [0.29, 0.717) is 4.70 Å². The van der Waals surface area contributed by atoms with Gasteiger partial charge in [0.15, 0.2) is 0 Å². The maximum absolute atomic E-state index is 13.4. The number of hydrogen-bond acceptors (Lipinski definition) is 2. The number of hydrogen-bond donors (Lipinski definition) is 1. The van der Waals surface area contributed by atoms with Crippen molar-refractivity contribution in [3.63, 3.8) is 0 Å². The van der Waals surface area contributed by atoms with Crippen LogP contribution < -0.4 is 0 Å². The van der Waals surface area contributed by atoms with Crippen LogP contribution in [0.1, 0.15) is 10.4 Å². The van der Waals surface area contributed by atoms with E-state index in [-0.39, 0.29) is 10.9 Å². The van der Waals surface area contributed by atoms with Crippen LogP contribution in [0, 0.1) is 9.39 Å². The molecule has 0 radical (unpaired) electrons. The number of halogens is 2. The summed E-state index contributed by atoms with van der Waals surface area (Å²) in [6.45, 7) is 0. The minimum atomic E-state index is -1.09. The number of fused-ring (bicyclic) bond motifs is 1. The average molecular weight is 322 g/mol. The second-order valence-corrected chi connectivity index (χ2v) is 4.87. The Kier molecular flexibility index (Phi) is 2.44. The van der Waals surface area contributed by atoms with E-state index in [1.54, 1.807) is 6.07 Å². The van der Waals surface area contributed by atoms with Gasteiger partial charge in [0.2, 0.25) is 0 Å². The van der Waals surface area contributed by atoms with Crippen molar-refractivity contribution in [2.75, 3.05) is 0 Å². The van der Waals surface area contributed by atoms with Crippen molar-refractivity contribution in [1.82, 2.24) is 0 Å². The van der Waals surface area contributed by atoms with Gasteiger partial charge in [0.05, 0.1) is 5.56 Å². The van der Waals surface area contributed by atoms with Crippen LogP contribution in [0.25, 0.3) is 10.1 Å². The van der Waals surface area contributed by atoms with Gasteiger partial charge >= 0.3 is 5.97 Å². The zero-order valence-corrected chi connectivity index (χ0v) is 9.73. The van der Waals surface area contributed by atoms with E-state index in [1.807, 2.05) is 22.6 Å². The van der Waals surface area contributed by atoms with E-state index in [2.05, 4.69) is 0 Å². The van der Waals surface area contributed by atoms with E-state index in [4.69, 9.17) is 5.11 Å². The minimum absolute atomic E-state index is 0.0406. The van der Waals surface area contributed by atoms with Gasteiger partial charge < -0.3 is 5.11 Å². The highest BCUT2D eigenvalue weighted by atomic mass is 127. The third kappa shape index (κ3) is 1.50. The molecule has 0 fully saturated rings. The van der Waals surface area contributed by atoms with Crippen molar-refractivity contribution < 1.29 is 14.3 Å². The third-order valence-electron chi connectivity index (χ3n) is 1.82. The molecule has 14 heavy (non-hydrogen) atoms. The quantitative estimate of drug-likeness (QED) is 0.818. The molecular weight excluding hydrogens is 318 g/mol. The lowest BCUT2D eigenvalue weighted by Gasteiger charge is -1.96. The molecule has 0 unspecified atom stereocenters. The maximum Gasteiger partial charge on any atom is 0.337 e. The highest BCUT2D eigenvalue weighted by Crippen LogP contribution is 2.30. The van der Waals surface area contributed by atoms with Crippen LogP contribution >= 0.6 is 33.9 Å². The molecule has 1 heterocycles. The fourth-order valence-corrected chi connectivity index (χ4v) is 3.02. The Morgan fingerprint density at radius 3 is 2.86 bits per heavy atom. The highest BCUT2D eigenvalue weighted by Gasteiger charge is 2.14. The molecule has 1 aromatic carbocycles. The molecule has 0 aliphatic heterocycles. The average Bonchev–Trinajstić information content (AvgIpc) is 2.47. The Balaban J connectivity index is 2.85. The van der Waals surface area contributed by atoms with Crippen molar-refractivity contribution in [2.24, 2.45) is 0 Å². The molecule has 0 atom stereocenters. The van der Waals surface area contributed by atoms with Crippen molar-refractivity contribution in [3.05, 3.63) is 32.5 Å². The topological polar surface area (TPSA) is 37.3 Å². The first-order valence-corrected chi connectivity index (χ1v) is 5.65. The minimum Gasteiger partial charge on any atom is -0.478 e. The summed E-state index contributed by atoms with van der Waals surface area (Å²) in [4.78, 5) is 10.8. The summed E-state index contributed by atoms with van der Waals surface area (Å²) in [5, 5.41) is 10.5. The number of carbonyl (C=O) groups is 1. The Bertz CT molecular complexity index is 521. The molecule has 5 heteroatoms. The van der Waals surface area contributed by atoms with E-state index in [9.17, 15) is 9.18 Å². The van der Waals surface area contributed by atoms with Gasteiger partial charge in [0.1, 0.15) is 5.82 Å². The van der Waals surface area contributed by atoms with Crippen molar-refractivity contribution >= 4 is 50.0 Å². The van der Waals surface area contributed by atoms with E-state index in [0.717, 1.165) is 3.57 Å². The van der Waals surface area contributed by atoms with Gasteiger partial charge in [0.25, 0.3) is 0 Å². The summed E-state index contributed by atoms with van der Waals surface area (Å²) >= 11 is 3.24. The van der Waals surface area contributed by atoms with Gasteiger partial charge in [0, 0.05) is 19.0 Å². The number of benzene rings is 1. The molecule has 2 aromatic rings. The Morgan fingerprint density at radius 1 is 1.50 bits per heavy atom. The zero-order chi connectivity index (χ0) is 10.3. The molecule has 2 nitrogen and oxygen atoms in total. The Labute approximate surface area is 96.5 Å². The van der Waals surface area contributed by atoms with Gasteiger partial charge in [-0.2, -0.15) is 0 Å². The molecular formula is C9H4FIO2S. The van der Waals surface area contributed by atoms with Gasteiger partial charge in [-0.25, -0.2) is 9.18 Å². The zero-order valence-electron chi connectivity index (χ0n) is 6.75. The van der Waals surface area contributed by atoms with Gasteiger partial charge in [-0.05, 0) is 34.7 Å². The second-order valence-electron chi connectivity index (χ2n) is 2.72. The van der Waals surface area contributed by atoms with Crippen molar-refractivity contribution in [3.8, 4) is 0 Å². The van der Waals surface area contributed by atoms with E-state index < -0.39 is 11.8 Å². The largest absolute Gasteiger partial charge is 0.478 e. The molecule has 0 bridgehead atoms. The summed E-state index contributed by atoms with van der Waals surface area (Å²) in [6.07, 6.45) is 0. The smallest absolute Gasteiger partial charge is 0.337 e. The molecule has 0 aliphatic rings. The first kappa shape index (κ1) is 9.85. The molecule has 0 aliphatic carbocycles. The lowest BCUT2D eigenvalue weighted by molar-refractivity contribution is 0.0699. The monoisotopic (exact) mass is 322 g/mol. The molecule has 0 saturated carbocycles. The third-order valence-corrected chi connectivity index (χ3v) is 3.37. The summed E-state index contributed by atoms with van der Waals surface area (Å²) in [5.41, 5.74) is 0.0406. The summed E-state index contributed by atoms with van der Waals surface area (Å²) in [7, 11) is 0. The fourth-order valence-electron chi connectivity index (χ4n) is 1.24. The van der Waals surface area contributed by atoms with Crippen LogP contribution in [0.5, 0.6) is 0 Å². The number of aromatic carboxylic acids is 1. The van der Waals surface area contributed by atoms with Crippen molar-refractivity contribution in [2.45, 2.75) is 0 Å². The Hall–Kier alpha value is -0.690. The van der Waals surface area contributed by atoms with Crippen LogP contribution in [-0.4, -0.2) is 11.1 Å². The van der Waals surface area contributed by atoms with Crippen LogP contribution in [0.4, 0.5) is 4.39 Å². The van der Waals surface area contributed by atoms with Gasteiger partial charge in [-0.1, -0.05) is 0 Å². The summed E-state index contributed by atoms with van der Waals surface area (Å²) in [6, 6.07) is 3.11. The number of rotatable bonds is 1. The number of carboxylic acid groups (broad SMARTS) is 1. The van der Waals surface area contributed by atoms with Crippen molar-refractivity contribution in [1.29, 1.82) is 0 Å². The number of carboxylic acids is 1. The predicted molar refractivity (Wildman–Crippen MR) is 61.5 cm³/mol. The normalized spacial score (nSPS) is 10.7. The van der Waals surface area contributed by atoms with Gasteiger partial charge in [-0.3, -0.25) is 0 Å². The standard InChI is InChI=1S/C9H4FIO2S/c10-6-1-4(11)2-7-8(6)5(3-14-7)9(12)13/h1-3H,(H,12,13). The Morgan fingerprint density at radius 2 is 2.21 bits per heavy atom. The summed E-state index contributed by atoms with van der Waals surface area (Å²) < 4.78 is 14.9. The lowest BCUT2D eigenvalue weighted by Crippen LogP contribution is -1.95. The van der Waals surface area contributed by atoms with E-state index >= 15 is 0 Å². The first-order chi connectivity index (χ1) is 6.59. The lowest BCUT2D eigenvalue weighted by atomic mass is 10.2. The molecule has 0 spiro atoms. The van der Waals surface area contributed by atoms with Crippen LogP contribution in [0.2, 0.25) is 0 Å². The molecule has 0 saturated heterocycles. The SMILES string of the molecule is O=C(O)c1csc2cc(I)cc(F)c12. The summed E-state index contributed by atoms with van der Waals surface area (Å²) in [5.74, 6) is -1.55. The van der Waals surface area contributed by atoms with Crippen LogP contribution in [0.3, 0.4) is 0 Å². The molecule has 1 aromatic heterocycles. The molecule has 0 amide bonds.